The molecular formula is C14H10N2O2S. The molecule has 4 nitrogen and oxygen atoms in total. The number of allylic oxidation sites excluding steroid dienone is 2. The van der Waals surface area contributed by atoms with E-state index in [1.54, 1.807) is 18.2 Å². The van der Waals surface area contributed by atoms with Gasteiger partial charge in [0.05, 0.1) is 4.88 Å². The Morgan fingerprint density at radius 2 is 2.05 bits per heavy atom. The van der Waals surface area contributed by atoms with Crippen LogP contribution in [0, 0.1) is 0 Å². The number of ketones is 1. The first-order valence-electron chi connectivity index (χ1n) is 5.64. The van der Waals surface area contributed by atoms with Crippen molar-refractivity contribution in [2.45, 2.75) is 0 Å². The van der Waals surface area contributed by atoms with Gasteiger partial charge >= 0.3 is 0 Å². The number of aromatic nitrogens is 1. The van der Waals surface area contributed by atoms with Crippen LogP contribution in [0.15, 0.2) is 35.9 Å². The van der Waals surface area contributed by atoms with Crippen LogP contribution in [0.4, 0.5) is 5.13 Å². The lowest BCUT2D eigenvalue weighted by atomic mass is 9.92. The van der Waals surface area contributed by atoms with E-state index in [2.05, 4.69) is 4.98 Å². The number of anilines is 1. The van der Waals surface area contributed by atoms with E-state index in [4.69, 9.17) is 5.73 Å². The SMILES string of the molecule is Nc1nc(O)c(C=C2C=Cc3ccccc3C2=O)s1. The molecule has 0 aliphatic heterocycles. The van der Waals surface area contributed by atoms with Crippen LogP contribution >= 0.6 is 11.3 Å². The molecule has 0 fully saturated rings. The first-order valence-corrected chi connectivity index (χ1v) is 6.45. The molecule has 3 rings (SSSR count). The second kappa shape index (κ2) is 4.37. The Morgan fingerprint density at radius 1 is 1.26 bits per heavy atom. The fourth-order valence-electron chi connectivity index (χ4n) is 1.95. The molecule has 5 heteroatoms. The predicted molar refractivity (Wildman–Crippen MR) is 76.0 cm³/mol. The lowest BCUT2D eigenvalue weighted by molar-refractivity contribution is 0.103. The molecule has 0 saturated carbocycles. The van der Waals surface area contributed by atoms with E-state index >= 15 is 0 Å². The minimum absolute atomic E-state index is 0.0653. The van der Waals surface area contributed by atoms with Gasteiger partial charge in [0.25, 0.3) is 0 Å². The third-order valence-electron chi connectivity index (χ3n) is 2.85. The Kier molecular flexibility index (Phi) is 2.68. The highest BCUT2D eigenvalue weighted by Gasteiger charge is 2.18. The number of rotatable bonds is 1. The van der Waals surface area contributed by atoms with Crippen LogP contribution in [0.1, 0.15) is 20.8 Å². The zero-order valence-corrected chi connectivity index (χ0v) is 10.6. The summed E-state index contributed by atoms with van der Waals surface area (Å²) >= 11 is 1.15. The first kappa shape index (κ1) is 11.7. The fourth-order valence-corrected chi connectivity index (χ4v) is 2.63. The van der Waals surface area contributed by atoms with Gasteiger partial charge in [-0.3, -0.25) is 4.79 Å². The molecule has 1 aliphatic carbocycles. The molecule has 1 heterocycles. The number of fused-ring (bicyclic) bond motifs is 1. The molecule has 19 heavy (non-hydrogen) atoms. The zero-order valence-electron chi connectivity index (χ0n) is 9.83. The first-order chi connectivity index (χ1) is 9.15. The molecule has 0 radical (unpaired) electrons. The Hall–Kier alpha value is -2.40. The van der Waals surface area contributed by atoms with Crippen LogP contribution in [0.2, 0.25) is 0 Å². The summed E-state index contributed by atoms with van der Waals surface area (Å²) in [5.74, 6) is -0.209. The van der Waals surface area contributed by atoms with Crippen LogP contribution in [-0.2, 0) is 0 Å². The van der Waals surface area contributed by atoms with Gasteiger partial charge in [-0.15, -0.1) is 0 Å². The lowest BCUT2D eigenvalue weighted by Gasteiger charge is -2.10. The van der Waals surface area contributed by atoms with E-state index in [1.165, 1.54) is 0 Å². The third kappa shape index (κ3) is 2.04. The number of nitrogens with two attached hydrogens (primary N) is 1. The molecule has 0 atom stereocenters. The molecule has 0 bridgehead atoms. The summed E-state index contributed by atoms with van der Waals surface area (Å²) in [7, 11) is 0. The fraction of sp³-hybridized carbons (Fsp3) is 0. The van der Waals surface area contributed by atoms with E-state index in [0.717, 1.165) is 16.9 Å². The number of carbonyl (C=O) groups excluding carboxylic acids is 1. The largest absolute Gasteiger partial charge is 0.492 e. The average Bonchev–Trinajstić information content (AvgIpc) is 2.72. The number of nitrogens with zero attached hydrogens (tertiary/aromatic N) is 1. The van der Waals surface area contributed by atoms with Gasteiger partial charge in [0.2, 0.25) is 5.88 Å². The quantitative estimate of drug-likeness (QED) is 0.781. The van der Waals surface area contributed by atoms with E-state index in [1.807, 2.05) is 24.3 Å². The number of hydrogen-bond acceptors (Lipinski definition) is 5. The summed E-state index contributed by atoms with van der Waals surface area (Å²) in [4.78, 5) is 16.5. The van der Waals surface area contributed by atoms with Crippen LogP contribution in [0.5, 0.6) is 5.88 Å². The topological polar surface area (TPSA) is 76.2 Å². The number of aromatic hydroxyl groups is 1. The predicted octanol–water partition coefficient (Wildman–Crippen LogP) is 2.72. The summed E-state index contributed by atoms with van der Waals surface area (Å²) in [6, 6.07) is 7.40. The maximum Gasteiger partial charge on any atom is 0.231 e. The molecule has 3 N–H and O–H groups in total. The number of thiazole rings is 1. The molecule has 0 saturated heterocycles. The van der Waals surface area contributed by atoms with Gasteiger partial charge in [-0.05, 0) is 11.6 Å². The maximum atomic E-state index is 12.3. The van der Waals surface area contributed by atoms with E-state index in [-0.39, 0.29) is 16.8 Å². The van der Waals surface area contributed by atoms with E-state index in [9.17, 15) is 9.90 Å². The van der Waals surface area contributed by atoms with Gasteiger partial charge in [-0.1, -0.05) is 47.8 Å². The monoisotopic (exact) mass is 270 g/mol. The highest BCUT2D eigenvalue weighted by Crippen LogP contribution is 2.30. The van der Waals surface area contributed by atoms with E-state index in [0.29, 0.717) is 16.0 Å². The van der Waals surface area contributed by atoms with Crippen molar-refractivity contribution < 1.29 is 9.90 Å². The Bertz CT molecular complexity index is 729. The van der Waals surface area contributed by atoms with Crippen molar-refractivity contribution >= 4 is 34.4 Å². The third-order valence-corrected chi connectivity index (χ3v) is 3.67. The van der Waals surface area contributed by atoms with Crippen LogP contribution in [-0.4, -0.2) is 15.9 Å². The average molecular weight is 270 g/mol. The van der Waals surface area contributed by atoms with Crippen LogP contribution < -0.4 is 5.73 Å². The van der Waals surface area contributed by atoms with Crippen LogP contribution in [0.25, 0.3) is 12.2 Å². The molecule has 1 aromatic heterocycles. The lowest BCUT2D eigenvalue weighted by Crippen LogP contribution is -2.07. The summed E-state index contributed by atoms with van der Waals surface area (Å²) in [6.07, 6.45) is 5.22. The Morgan fingerprint density at radius 3 is 2.79 bits per heavy atom. The highest BCUT2D eigenvalue weighted by molar-refractivity contribution is 7.16. The van der Waals surface area contributed by atoms with Crippen LogP contribution in [0.3, 0.4) is 0 Å². The number of benzene rings is 1. The summed E-state index contributed by atoms with van der Waals surface area (Å²) in [6.45, 7) is 0. The van der Waals surface area contributed by atoms with Gasteiger partial charge in [0, 0.05) is 11.1 Å². The zero-order chi connectivity index (χ0) is 13.4. The van der Waals surface area contributed by atoms with Crippen molar-refractivity contribution in [3.8, 4) is 5.88 Å². The van der Waals surface area contributed by atoms with Gasteiger partial charge in [-0.2, -0.15) is 4.98 Å². The van der Waals surface area contributed by atoms with Crippen molar-refractivity contribution in [2.24, 2.45) is 0 Å². The standard InChI is InChI=1S/C14H10N2O2S/c15-14-16-13(18)11(19-14)7-9-6-5-8-3-1-2-4-10(8)12(9)17/h1-7,18H,(H2,15,16). The van der Waals surface area contributed by atoms with E-state index < -0.39 is 0 Å². The molecular weight excluding hydrogens is 260 g/mol. The minimum Gasteiger partial charge on any atom is -0.492 e. The van der Waals surface area contributed by atoms with Crippen molar-refractivity contribution in [1.82, 2.24) is 4.98 Å². The molecule has 0 unspecified atom stereocenters. The number of Topliss-reactive ketones (excluding diaryl/α,β-unsaturated/α-hetero) is 1. The number of carbonyl (C=O) groups is 1. The molecule has 94 valence electrons. The molecule has 2 aromatic rings. The number of nitrogen functional groups attached to an aromatic ring is 1. The maximum absolute atomic E-state index is 12.3. The smallest absolute Gasteiger partial charge is 0.231 e. The highest BCUT2D eigenvalue weighted by atomic mass is 32.1. The van der Waals surface area contributed by atoms with Crippen molar-refractivity contribution in [1.29, 1.82) is 0 Å². The van der Waals surface area contributed by atoms with Gasteiger partial charge in [0.15, 0.2) is 10.9 Å². The van der Waals surface area contributed by atoms with Gasteiger partial charge in [-0.25, -0.2) is 0 Å². The normalized spacial score (nSPS) is 15.8. The van der Waals surface area contributed by atoms with Crippen molar-refractivity contribution in [3.63, 3.8) is 0 Å². The summed E-state index contributed by atoms with van der Waals surface area (Å²) in [5, 5.41) is 9.86. The molecule has 1 aromatic carbocycles. The number of hydrogen-bond donors (Lipinski definition) is 2. The Labute approximate surface area is 113 Å². The van der Waals surface area contributed by atoms with Gasteiger partial charge < -0.3 is 10.8 Å². The van der Waals surface area contributed by atoms with Gasteiger partial charge in [0.1, 0.15) is 0 Å². The van der Waals surface area contributed by atoms with Crippen molar-refractivity contribution in [3.05, 3.63) is 51.9 Å². The second-order valence-electron chi connectivity index (χ2n) is 4.09. The second-order valence-corrected chi connectivity index (χ2v) is 5.15. The molecule has 0 amide bonds. The molecule has 0 spiro atoms. The summed E-state index contributed by atoms with van der Waals surface area (Å²) in [5.41, 5.74) is 7.58. The van der Waals surface area contributed by atoms with Crippen molar-refractivity contribution in [2.75, 3.05) is 5.73 Å². The Balaban J connectivity index is 2.05. The summed E-state index contributed by atoms with van der Waals surface area (Å²) < 4.78 is 0. The molecule has 1 aliphatic rings. The minimum atomic E-state index is -0.143.